The van der Waals surface area contributed by atoms with Gasteiger partial charge in [-0.05, 0) is 38.3 Å². The zero-order chi connectivity index (χ0) is 24.5. The van der Waals surface area contributed by atoms with E-state index in [2.05, 4.69) is 12.8 Å². The van der Waals surface area contributed by atoms with Gasteiger partial charge in [0.15, 0.2) is 6.61 Å². The highest BCUT2D eigenvalue weighted by Crippen LogP contribution is 2.38. The Kier molecular flexibility index (Phi) is 9.15. The summed E-state index contributed by atoms with van der Waals surface area (Å²) in [5.41, 5.74) is -1.46. The molecule has 0 aromatic heterocycles. The first kappa shape index (κ1) is 26.0. The number of hydrogen-bond donors (Lipinski definition) is 0. The average Bonchev–Trinajstić information content (AvgIpc) is 2.89. The Morgan fingerprint density at radius 3 is 2.39 bits per heavy atom. The minimum Gasteiger partial charge on any atom is -0.483 e. The lowest BCUT2D eigenvalue weighted by Crippen LogP contribution is -2.51. The summed E-state index contributed by atoms with van der Waals surface area (Å²) in [5, 5.41) is 0. The lowest BCUT2D eigenvalue weighted by Gasteiger charge is -2.42. The van der Waals surface area contributed by atoms with Crippen molar-refractivity contribution in [2.75, 3.05) is 32.8 Å². The number of ether oxygens (including phenoxy) is 1. The van der Waals surface area contributed by atoms with Gasteiger partial charge < -0.3 is 14.5 Å². The summed E-state index contributed by atoms with van der Waals surface area (Å²) in [6.45, 7) is 3.37. The molecule has 1 fully saturated rings. The Morgan fingerprint density at radius 1 is 1.12 bits per heavy atom. The number of allylic oxidation sites excluding steroid dienone is 3. The van der Waals surface area contributed by atoms with Crippen LogP contribution in [0.3, 0.4) is 0 Å². The largest absolute Gasteiger partial charge is 0.483 e. The van der Waals surface area contributed by atoms with Gasteiger partial charge in [-0.1, -0.05) is 36.4 Å². The molecule has 0 atom stereocenters. The quantitative estimate of drug-likeness (QED) is 0.627. The summed E-state index contributed by atoms with van der Waals surface area (Å²) >= 11 is 0. The molecule has 2 amide bonds. The number of benzene rings is 1. The van der Waals surface area contributed by atoms with E-state index in [1.165, 1.54) is 18.2 Å². The summed E-state index contributed by atoms with van der Waals surface area (Å²) in [6.07, 6.45) is 12.9. The van der Waals surface area contributed by atoms with Crippen molar-refractivity contribution in [1.82, 2.24) is 9.80 Å². The number of terminal acetylenes is 1. The molecule has 0 aliphatic carbocycles. The molecule has 1 spiro atoms. The van der Waals surface area contributed by atoms with E-state index >= 15 is 0 Å². The van der Waals surface area contributed by atoms with Crippen LogP contribution < -0.4 is 4.74 Å². The van der Waals surface area contributed by atoms with Gasteiger partial charge in [0, 0.05) is 26.2 Å². The molecular formula is C25H29F3N2O3. The molecule has 3 rings (SSSR count). The average molecular weight is 463 g/mol. The van der Waals surface area contributed by atoms with Crippen LogP contribution in [0.2, 0.25) is 0 Å². The van der Waals surface area contributed by atoms with Crippen LogP contribution in [0.4, 0.5) is 13.2 Å². The number of halogens is 3. The molecular weight excluding hydrogens is 433 g/mol. The van der Waals surface area contributed by atoms with Crippen molar-refractivity contribution in [2.24, 2.45) is 5.41 Å². The lowest BCUT2D eigenvalue weighted by atomic mass is 9.74. The fourth-order valence-corrected chi connectivity index (χ4v) is 4.08. The van der Waals surface area contributed by atoms with Crippen LogP contribution in [0.25, 0.3) is 0 Å². The maximum Gasteiger partial charge on any atom is 0.419 e. The zero-order valence-corrected chi connectivity index (χ0v) is 18.7. The van der Waals surface area contributed by atoms with E-state index in [1.54, 1.807) is 4.90 Å². The lowest BCUT2D eigenvalue weighted by molar-refractivity contribution is -0.148. The van der Waals surface area contributed by atoms with Crippen LogP contribution in [-0.4, -0.2) is 54.4 Å². The molecule has 0 radical (unpaired) electrons. The fourth-order valence-electron chi connectivity index (χ4n) is 4.08. The number of likely N-dealkylation sites (tertiary alicyclic amines) is 1. The third-order valence-corrected chi connectivity index (χ3v) is 5.96. The van der Waals surface area contributed by atoms with E-state index in [4.69, 9.17) is 4.74 Å². The van der Waals surface area contributed by atoms with Gasteiger partial charge in [0.25, 0.3) is 5.91 Å². The third kappa shape index (κ3) is 6.41. The molecule has 178 valence electrons. The van der Waals surface area contributed by atoms with E-state index < -0.39 is 23.8 Å². The van der Waals surface area contributed by atoms with Gasteiger partial charge in [-0.25, -0.2) is 0 Å². The number of likely N-dealkylation sites (N-methyl/N-ethyl adjacent to an activating group) is 1. The molecule has 2 heterocycles. The van der Waals surface area contributed by atoms with Gasteiger partial charge in [-0.15, -0.1) is 12.8 Å². The number of alkyl halides is 3. The summed E-state index contributed by atoms with van der Waals surface area (Å²) in [6, 6.07) is 4.84. The Labute approximate surface area is 192 Å². The first-order valence-electron chi connectivity index (χ1n) is 10.8. The number of carbonyl (C=O) groups excluding carboxylic acids is 2. The Balaban J connectivity index is 0.00000187. The molecule has 5 nitrogen and oxygen atoms in total. The molecule has 1 saturated heterocycles. The molecule has 0 unspecified atom stereocenters. The second-order valence-corrected chi connectivity index (χ2v) is 7.85. The van der Waals surface area contributed by atoms with Crippen LogP contribution in [0, 0.1) is 18.3 Å². The van der Waals surface area contributed by atoms with E-state index in [9.17, 15) is 22.8 Å². The third-order valence-electron chi connectivity index (χ3n) is 5.96. The first-order valence-corrected chi connectivity index (χ1v) is 10.8. The highest BCUT2D eigenvalue weighted by atomic mass is 19.4. The van der Waals surface area contributed by atoms with Crippen molar-refractivity contribution >= 4 is 11.8 Å². The number of rotatable bonds is 4. The van der Waals surface area contributed by atoms with Gasteiger partial charge in [-0.2, -0.15) is 13.2 Å². The minimum absolute atomic E-state index is 0.0913. The van der Waals surface area contributed by atoms with Crippen molar-refractivity contribution in [3.8, 4) is 18.6 Å². The summed E-state index contributed by atoms with van der Waals surface area (Å²) in [4.78, 5) is 29.2. The molecule has 0 N–H and O–H groups in total. The summed E-state index contributed by atoms with van der Waals surface area (Å²) in [7, 11) is 0. The van der Waals surface area contributed by atoms with Crippen LogP contribution in [0.5, 0.6) is 5.75 Å². The highest BCUT2D eigenvalue weighted by molar-refractivity contribution is 5.84. The number of amides is 2. The summed E-state index contributed by atoms with van der Waals surface area (Å²) < 4.78 is 44.5. The van der Waals surface area contributed by atoms with Crippen LogP contribution in [0.15, 0.2) is 48.6 Å². The van der Waals surface area contributed by atoms with E-state index in [-0.39, 0.29) is 17.6 Å². The summed E-state index contributed by atoms with van der Waals surface area (Å²) in [5.74, 6) is -0.653. The maximum absolute atomic E-state index is 13.2. The van der Waals surface area contributed by atoms with Crippen molar-refractivity contribution in [1.29, 1.82) is 0 Å². The monoisotopic (exact) mass is 462 g/mol. The standard InChI is InChI=1S/C23H27F3N2O3.C2H2/c1-2-27-14-8-4-3-7-11-22(21(27)30)12-15-28(16-13-22)20(29)17-31-19-10-6-5-9-18(19)23(24,25)26;1-2/h3-10H,2,11-17H2,1H3;1-2H/b7-3-,8-4-;. The fraction of sp³-hybridized carbons (Fsp3) is 0.440. The molecule has 1 aromatic carbocycles. The van der Waals surface area contributed by atoms with Gasteiger partial charge in [0.2, 0.25) is 5.91 Å². The van der Waals surface area contributed by atoms with Crippen LogP contribution >= 0.6 is 0 Å². The molecule has 0 bridgehead atoms. The van der Waals surface area contributed by atoms with Crippen molar-refractivity contribution in [2.45, 2.75) is 32.4 Å². The van der Waals surface area contributed by atoms with Crippen molar-refractivity contribution < 1.29 is 27.5 Å². The molecule has 0 saturated carbocycles. The number of piperidine rings is 1. The molecule has 33 heavy (non-hydrogen) atoms. The first-order chi connectivity index (χ1) is 15.8. The Morgan fingerprint density at radius 2 is 1.76 bits per heavy atom. The zero-order valence-electron chi connectivity index (χ0n) is 18.7. The second-order valence-electron chi connectivity index (χ2n) is 7.85. The van der Waals surface area contributed by atoms with Crippen LogP contribution in [0.1, 0.15) is 31.7 Å². The minimum atomic E-state index is -4.55. The predicted octanol–water partition coefficient (Wildman–Crippen LogP) is 4.31. The number of nitrogens with zero attached hydrogens (tertiary/aromatic N) is 2. The van der Waals surface area contributed by atoms with E-state index in [0.29, 0.717) is 45.4 Å². The number of para-hydroxylation sites is 1. The molecule has 1 aromatic rings. The molecule has 2 aliphatic rings. The van der Waals surface area contributed by atoms with Crippen molar-refractivity contribution in [3.63, 3.8) is 0 Å². The van der Waals surface area contributed by atoms with E-state index in [1.807, 2.05) is 36.1 Å². The van der Waals surface area contributed by atoms with Crippen LogP contribution in [-0.2, 0) is 15.8 Å². The van der Waals surface area contributed by atoms with E-state index in [0.717, 1.165) is 6.07 Å². The molecule has 8 heteroatoms. The Bertz CT molecular complexity index is 898. The predicted molar refractivity (Wildman–Crippen MR) is 120 cm³/mol. The normalized spacial score (nSPS) is 20.0. The van der Waals surface area contributed by atoms with Crippen molar-refractivity contribution in [3.05, 3.63) is 54.1 Å². The second kappa shape index (κ2) is 11.6. The SMILES string of the molecule is C#C.CCN1C/C=C\C=C/CC2(CCN(C(=O)COc3ccccc3C(F)(F)F)CC2)C1=O. The maximum atomic E-state index is 13.2. The smallest absolute Gasteiger partial charge is 0.419 e. The number of carbonyl (C=O) groups is 2. The van der Waals surface area contributed by atoms with Gasteiger partial charge in [0.1, 0.15) is 5.75 Å². The number of hydrogen-bond acceptors (Lipinski definition) is 3. The molecule has 2 aliphatic heterocycles. The van der Waals surface area contributed by atoms with Gasteiger partial charge in [0.05, 0.1) is 11.0 Å². The van der Waals surface area contributed by atoms with Gasteiger partial charge in [-0.3, -0.25) is 9.59 Å². The Hall–Kier alpha value is -3.21. The van der Waals surface area contributed by atoms with Gasteiger partial charge >= 0.3 is 6.18 Å². The highest BCUT2D eigenvalue weighted by Gasteiger charge is 2.43. The topological polar surface area (TPSA) is 49.9 Å².